The van der Waals surface area contributed by atoms with Gasteiger partial charge in [0.1, 0.15) is 10.1 Å². The highest BCUT2D eigenvalue weighted by Gasteiger charge is 2.30. The Morgan fingerprint density at radius 3 is 2.86 bits per heavy atom. The Kier molecular flexibility index (Phi) is 5.20. The van der Waals surface area contributed by atoms with Gasteiger partial charge >= 0.3 is 5.97 Å². The molecule has 1 amide bonds. The third kappa shape index (κ3) is 3.66. The highest BCUT2D eigenvalue weighted by molar-refractivity contribution is 8.26. The molecule has 5 nitrogen and oxygen atoms in total. The molecule has 0 spiro atoms. The number of aliphatic carboxylic acids is 1. The van der Waals surface area contributed by atoms with Gasteiger partial charge in [0.25, 0.3) is 5.91 Å². The molecule has 1 atom stereocenters. The first-order valence-corrected chi connectivity index (χ1v) is 7.89. The number of nitrogens with zero attached hydrogens (tertiary/aromatic N) is 1. The molecule has 1 aliphatic heterocycles. The largest absolute Gasteiger partial charge is 0.479 e. The normalized spacial score (nSPS) is 17.9. The topological polar surface area (TPSA) is 66.8 Å². The fourth-order valence-electron chi connectivity index (χ4n) is 1.86. The maximum absolute atomic E-state index is 12.1. The molecule has 1 unspecified atom stereocenters. The van der Waals surface area contributed by atoms with Gasteiger partial charge in [0, 0.05) is 6.54 Å². The van der Waals surface area contributed by atoms with Crippen molar-refractivity contribution in [1.29, 1.82) is 0 Å². The van der Waals surface area contributed by atoms with Crippen molar-refractivity contribution < 1.29 is 19.4 Å². The second-order valence-corrected chi connectivity index (χ2v) is 6.27. The van der Waals surface area contributed by atoms with Crippen molar-refractivity contribution >= 4 is 46.3 Å². The predicted molar refractivity (Wildman–Crippen MR) is 89.7 cm³/mol. The molecule has 1 aromatic carbocycles. The van der Waals surface area contributed by atoms with Gasteiger partial charge in [-0.1, -0.05) is 36.1 Å². The number of carbonyl (C=O) groups excluding carboxylic acids is 1. The van der Waals surface area contributed by atoms with Crippen LogP contribution in [0.25, 0.3) is 6.08 Å². The molecule has 0 radical (unpaired) electrons. The number of rotatable bonds is 5. The highest BCUT2D eigenvalue weighted by atomic mass is 32.2. The molecule has 0 saturated carbocycles. The van der Waals surface area contributed by atoms with Crippen LogP contribution in [0.3, 0.4) is 0 Å². The number of benzene rings is 1. The Hall–Kier alpha value is -1.86. The molecule has 116 valence electrons. The number of amides is 1. The molecular formula is C15H15NO4S2. The third-order valence-corrected chi connectivity index (χ3v) is 4.38. The molecule has 2 rings (SSSR count). The number of ether oxygens (including phenoxy) is 1. The van der Waals surface area contributed by atoms with E-state index in [4.69, 9.17) is 22.1 Å². The van der Waals surface area contributed by atoms with E-state index in [-0.39, 0.29) is 5.91 Å². The quantitative estimate of drug-likeness (QED) is 0.658. The van der Waals surface area contributed by atoms with Gasteiger partial charge in [0.05, 0.1) is 4.91 Å². The van der Waals surface area contributed by atoms with Crippen molar-refractivity contribution in [3.8, 4) is 5.75 Å². The fourth-order valence-corrected chi connectivity index (χ4v) is 3.24. The molecule has 0 aliphatic carbocycles. The van der Waals surface area contributed by atoms with Gasteiger partial charge in [0.15, 0.2) is 6.10 Å². The average Bonchev–Trinajstić information content (AvgIpc) is 2.73. The van der Waals surface area contributed by atoms with E-state index in [1.54, 1.807) is 29.2 Å². The van der Waals surface area contributed by atoms with Crippen molar-refractivity contribution in [2.45, 2.75) is 20.0 Å². The van der Waals surface area contributed by atoms with Gasteiger partial charge in [-0.15, -0.1) is 0 Å². The fraction of sp³-hybridized carbons (Fsp3) is 0.267. The number of thioether (sulfide) groups is 1. The summed E-state index contributed by atoms with van der Waals surface area (Å²) in [4.78, 5) is 25.0. The minimum Gasteiger partial charge on any atom is -0.479 e. The van der Waals surface area contributed by atoms with Crippen LogP contribution in [0.1, 0.15) is 19.4 Å². The van der Waals surface area contributed by atoms with E-state index in [9.17, 15) is 9.59 Å². The minimum absolute atomic E-state index is 0.109. The van der Waals surface area contributed by atoms with E-state index >= 15 is 0 Å². The monoisotopic (exact) mass is 337 g/mol. The van der Waals surface area contributed by atoms with Gasteiger partial charge in [-0.2, -0.15) is 0 Å². The van der Waals surface area contributed by atoms with Gasteiger partial charge in [0.2, 0.25) is 0 Å². The molecule has 0 aromatic heterocycles. The van der Waals surface area contributed by atoms with Crippen LogP contribution in [-0.2, 0) is 9.59 Å². The zero-order chi connectivity index (χ0) is 16.3. The Morgan fingerprint density at radius 2 is 2.27 bits per heavy atom. The Balaban J connectivity index is 2.20. The van der Waals surface area contributed by atoms with Gasteiger partial charge in [-0.3, -0.25) is 9.69 Å². The molecule has 1 aromatic rings. The lowest BCUT2D eigenvalue weighted by Crippen LogP contribution is -2.27. The standard InChI is InChI=1S/C15H15NO4S2/c1-3-16-13(17)12(22-15(16)21)8-10-5-4-6-11(7-10)20-9(2)14(18)19/h4-9H,3H2,1-2H3,(H,18,19). The number of carboxylic acids is 1. The van der Waals surface area contributed by atoms with Crippen LogP contribution in [0.15, 0.2) is 29.2 Å². The molecule has 1 fully saturated rings. The van der Waals surface area contributed by atoms with Crippen molar-refractivity contribution in [2.75, 3.05) is 6.54 Å². The molecule has 1 heterocycles. The van der Waals surface area contributed by atoms with Crippen molar-refractivity contribution in [2.24, 2.45) is 0 Å². The molecule has 7 heteroatoms. The summed E-state index contributed by atoms with van der Waals surface area (Å²) < 4.78 is 5.86. The highest BCUT2D eigenvalue weighted by Crippen LogP contribution is 2.32. The van der Waals surface area contributed by atoms with Crippen LogP contribution < -0.4 is 4.74 Å². The van der Waals surface area contributed by atoms with Crippen molar-refractivity contribution in [3.05, 3.63) is 34.7 Å². The Morgan fingerprint density at radius 1 is 1.55 bits per heavy atom. The van der Waals surface area contributed by atoms with E-state index in [2.05, 4.69) is 0 Å². The lowest BCUT2D eigenvalue weighted by molar-refractivity contribution is -0.144. The molecule has 1 saturated heterocycles. The maximum atomic E-state index is 12.1. The van der Waals surface area contributed by atoms with Crippen LogP contribution in [0.5, 0.6) is 5.75 Å². The zero-order valence-corrected chi connectivity index (χ0v) is 13.7. The first-order chi connectivity index (χ1) is 10.4. The lowest BCUT2D eigenvalue weighted by Gasteiger charge is -2.11. The number of carboxylic acid groups (broad SMARTS) is 1. The summed E-state index contributed by atoms with van der Waals surface area (Å²) in [7, 11) is 0. The number of hydrogen-bond acceptors (Lipinski definition) is 5. The van der Waals surface area contributed by atoms with Crippen molar-refractivity contribution in [1.82, 2.24) is 4.90 Å². The Bertz CT molecular complexity index is 657. The van der Waals surface area contributed by atoms with E-state index in [0.717, 1.165) is 5.56 Å². The second kappa shape index (κ2) is 6.93. The number of likely N-dealkylation sites (N-methyl/N-ethyl adjacent to an activating group) is 1. The second-order valence-electron chi connectivity index (χ2n) is 4.60. The molecule has 22 heavy (non-hydrogen) atoms. The summed E-state index contributed by atoms with van der Waals surface area (Å²) in [5.41, 5.74) is 0.756. The first kappa shape index (κ1) is 16.5. The minimum atomic E-state index is -1.03. The predicted octanol–water partition coefficient (Wildman–Crippen LogP) is 2.76. The molecule has 1 N–H and O–H groups in total. The number of thiocarbonyl (C=S) groups is 1. The smallest absolute Gasteiger partial charge is 0.344 e. The van der Waals surface area contributed by atoms with Crippen LogP contribution >= 0.6 is 24.0 Å². The van der Waals surface area contributed by atoms with Crippen LogP contribution in [-0.4, -0.2) is 38.9 Å². The van der Waals surface area contributed by atoms with E-state index in [1.807, 2.05) is 13.0 Å². The first-order valence-electron chi connectivity index (χ1n) is 6.67. The average molecular weight is 337 g/mol. The summed E-state index contributed by atoms with van der Waals surface area (Å²) in [5.74, 6) is -0.702. The third-order valence-electron chi connectivity index (χ3n) is 3.01. The van der Waals surface area contributed by atoms with Gasteiger partial charge in [-0.25, -0.2) is 4.79 Å². The summed E-state index contributed by atoms with van der Waals surface area (Å²) >= 11 is 6.42. The van der Waals surface area contributed by atoms with Gasteiger partial charge < -0.3 is 9.84 Å². The van der Waals surface area contributed by atoms with Gasteiger partial charge in [-0.05, 0) is 37.6 Å². The van der Waals surface area contributed by atoms with Crippen LogP contribution in [0.4, 0.5) is 0 Å². The summed E-state index contributed by atoms with van der Waals surface area (Å²) in [6.45, 7) is 3.87. The lowest BCUT2D eigenvalue weighted by atomic mass is 10.2. The summed E-state index contributed by atoms with van der Waals surface area (Å²) in [5, 5.41) is 8.86. The zero-order valence-electron chi connectivity index (χ0n) is 12.1. The SMILES string of the molecule is CCN1C(=O)C(=Cc2cccc(OC(C)C(=O)O)c2)SC1=S. The maximum Gasteiger partial charge on any atom is 0.344 e. The van der Waals surface area contributed by atoms with Crippen molar-refractivity contribution in [3.63, 3.8) is 0 Å². The van der Waals surface area contributed by atoms with Crippen LogP contribution in [0, 0.1) is 0 Å². The number of hydrogen-bond donors (Lipinski definition) is 1. The van der Waals surface area contributed by atoms with E-state index in [1.165, 1.54) is 18.7 Å². The molecule has 0 bridgehead atoms. The molecule has 1 aliphatic rings. The summed E-state index contributed by atoms with van der Waals surface area (Å²) in [6.07, 6.45) is 0.793. The number of carbonyl (C=O) groups is 2. The van der Waals surface area contributed by atoms with E-state index in [0.29, 0.717) is 21.5 Å². The van der Waals surface area contributed by atoms with Crippen LogP contribution in [0.2, 0.25) is 0 Å². The van der Waals surface area contributed by atoms with E-state index < -0.39 is 12.1 Å². The Labute approximate surface area is 137 Å². The summed E-state index contributed by atoms with van der Waals surface area (Å²) in [6, 6.07) is 6.93. The molecular weight excluding hydrogens is 322 g/mol.